The average Bonchev–Trinajstić information content (AvgIpc) is 2.71. The van der Waals surface area contributed by atoms with Crippen LogP contribution >= 0.6 is 11.8 Å². The first kappa shape index (κ1) is 12.8. The Morgan fingerprint density at radius 2 is 2.44 bits per heavy atom. The van der Waals surface area contributed by atoms with Crippen LogP contribution in [0.4, 0.5) is 0 Å². The Bertz CT molecular complexity index is 555. The van der Waals surface area contributed by atoms with Gasteiger partial charge in [-0.15, -0.1) is 0 Å². The van der Waals surface area contributed by atoms with Crippen LogP contribution in [0, 0.1) is 0 Å². The van der Waals surface area contributed by atoms with Gasteiger partial charge in [0.25, 0.3) is 0 Å². The largest absolute Gasteiger partial charge is 0.481 e. The molecule has 0 aliphatic heterocycles. The number of nitrogens with zero attached hydrogens (tertiary/aromatic N) is 3. The molecule has 1 N–H and O–H groups in total. The van der Waals surface area contributed by atoms with Crippen molar-refractivity contribution in [2.45, 2.75) is 11.7 Å². The number of fused-ring (bicyclic) bond motifs is 1. The van der Waals surface area contributed by atoms with Crippen LogP contribution in [-0.2, 0) is 16.1 Å². The molecule has 0 bridgehead atoms. The second-order valence-electron chi connectivity index (χ2n) is 3.57. The zero-order valence-corrected chi connectivity index (χ0v) is 10.7. The molecule has 0 aliphatic rings. The Hall–Kier alpha value is -1.60. The summed E-state index contributed by atoms with van der Waals surface area (Å²) >= 11 is 1.19. The SMILES string of the molecule is COCCn1c(SCC(=O)O)nc2cccnc21. The predicted octanol–water partition coefficient (Wildman–Crippen LogP) is 1.25. The number of hydrogen-bond acceptors (Lipinski definition) is 5. The van der Waals surface area contributed by atoms with Gasteiger partial charge in [0, 0.05) is 13.3 Å². The van der Waals surface area contributed by atoms with Gasteiger partial charge in [0.15, 0.2) is 10.8 Å². The molecule has 6 nitrogen and oxygen atoms in total. The number of methoxy groups -OCH3 is 1. The lowest BCUT2D eigenvalue weighted by molar-refractivity contribution is -0.133. The van der Waals surface area contributed by atoms with Gasteiger partial charge in [-0.05, 0) is 12.1 Å². The lowest BCUT2D eigenvalue weighted by Crippen LogP contribution is -2.07. The first-order chi connectivity index (χ1) is 8.72. The molecule has 2 rings (SSSR count). The van der Waals surface area contributed by atoms with E-state index in [1.165, 1.54) is 11.8 Å². The molecular formula is C11H13N3O3S. The number of aliphatic carboxylic acids is 1. The third-order valence-electron chi connectivity index (χ3n) is 2.31. The Morgan fingerprint density at radius 3 is 3.17 bits per heavy atom. The molecule has 0 amide bonds. The normalized spacial score (nSPS) is 10.9. The van der Waals surface area contributed by atoms with Gasteiger partial charge in [-0.1, -0.05) is 11.8 Å². The van der Waals surface area contributed by atoms with Crippen LogP contribution in [0.25, 0.3) is 11.2 Å². The predicted molar refractivity (Wildman–Crippen MR) is 67.8 cm³/mol. The molecular weight excluding hydrogens is 254 g/mol. The van der Waals surface area contributed by atoms with E-state index < -0.39 is 5.97 Å². The van der Waals surface area contributed by atoms with Gasteiger partial charge < -0.3 is 14.4 Å². The molecule has 2 heterocycles. The minimum atomic E-state index is -0.863. The molecule has 0 spiro atoms. The fourth-order valence-electron chi connectivity index (χ4n) is 1.56. The summed E-state index contributed by atoms with van der Waals surface area (Å²) in [7, 11) is 1.62. The number of carboxylic acid groups (broad SMARTS) is 1. The molecule has 2 aromatic rings. The van der Waals surface area contributed by atoms with Crippen molar-refractivity contribution in [3.05, 3.63) is 18.3 Å². The van der Waals surface area contributed by atoms with Gasteiger partial charge in [0.05, 0.1) is 18.9 Å². The highest BCUT2D eigenvalue weighted by Crippen LogP contribution is 2.22. The van der Waals surface area contributed by atoms with Crippen molar-refractivity contribution in [3.63, 3.8) is 0 Å². The summed E-state index contributed by atoms with van der Waals surface area (Å²) in [5, 5.41) is 9.37. The maximum atomic E-state index is 10.6. The third-order valence-corrected chi connectivity index (χ3v) is 3.27. The van der Waals surface area contributed by atoms with Crippen LogP contribution in [0.1, 0.15) is 0 Å². The van der Waals surface area contributed by atoms with Gasteiger partial charge in [-0.2, -0.15) is 0 Å². The van der Waals surface area contributed by atoms with Gasteiger partial charge in [-0.25, -0.2) is 9.97 Å². The summed E-state index contributed by atoms with van der Waals surface area (Å²) < 4.78 is 6.92. The molecule has 7 heteroatoms. The maximum absolute atomic E-state index is 10.6. The number of carbonyl (C=O) groups is 1. The number of pyridine rings is 1. The van der Waals surface area contributed by atoms with E-state index in [9.17, 15) is 4.79 Å². The fraction of sp³-hybridized carbons (Fsp3) is 0.364. The van der Waals surface area contributed by atoms with E-state index in [4.69, 9.17) is 9.84 Å². The number of carboxylic acids is 1. The molecule has 0 atom stereocenters. The Balaban J connectivity index is 2.33. The molecule has 0 aromatic carbocycles. The standard InChI is InChI=1S/C11H13N3O3S/c1-17-6-5-14-10-8(3-2-4-12-10)13-11(14)18-7-9(15)16/h2-4H,5-7H2,1H3,(H,15,16). The number of ether oxygens (including phenoxy) is 1. The van der Waals surface area contributed by atoms with Gasteiger partial charge in [-0.3, -0.25) is 4.79 Å². The lowest BCUT2D eigenvalue weighted by Gasteiger charge is -2.06. The quantitative estimate of drug-likeness (QED) is 0.794. The number of rotatable bonds is 6. The van der Waals surface area contributed by atoms with Crippen LogP contribution in [0.2, 0.25) is 0 Å². The van der Waals surface area contributed by atoms with Crippen molar-refractivity contribution < 1.29 is 14.6 Å². The summed E-state index contributed by atoms with van der Waals surface area (Å²) in [5.74, 6) is -0.880. The van der Waals surface area contributed by atoms with Crippen molar-refractivity contribution in [1.29, 1.82) is 0 Å². The van der Waals surface area contributed by atoms with Gasteiger partial charge >= 0.3 is 5.97 Å². The molecule has 96 valence electrons. The lowest BCUT2D eigenvalue weighted by atomic mass is 10.4. The van der Waals surface area contributed by atoms with E-state index in [0.717, 1.165) is 11.2 Å². The van der Waals surface area contributed by atoms with Crippen molar-refractivity contribution in [1.82, 2.24) is 14.5 Å². The second kappa shape index (κ2) is 5.83. The highest BCUT2D eigenvalue weighted by Gasteiger charge is 2.12. The molecule has 0 aliphatic carbocycles. The Labute approximate surface area is 108 Å². The number of aromatic nitrogens is 3. The summed E-state index contributed by atoms with van der Waals surface area (Å²) in [6.07, 6.45) is 1.69. The number of hydrogen-bond donors (Lipinski definition) is 1. The highest BCUT2D eigenvalue weighted by atomic mass is 32.2. The molecule has 0 saturated carbocycles. The summed E-state index contributed by atoms with van der Waals surface area (Å²) in [6.45, 7) is 1.13. The molecule has 18 heavy (non-hydrogen) atoms. The molecule has 0 saturated heterocycles. The van der Waals surface area contributed by atoms with Crippen LogP contribution in [0.15, 0.2) is 23.5 Å². The fourth-order valence-corrected chi connectivity index (χ4v) is 2.31. The summed E-state index contributed by atoms with van der Waals surface area (Å²) in [5.41, 5.74) is 1.52. The Kier molecular flexibility index (Phi) is 4.16. The summed E-state index contributed by atoms with van der Waals surface area (Å²) in [4.78, 5) is 19.3. The molecule has 0 radical (unpaired) electrons. The van der Waals surface area contributed by atoms with Crippen molar-refractivity contribution in [2.75, 3.05) is 19.5 Å². The highest BCUT2D eigenvalue weighted by molar-refractivity contribution is 7.99. The summed E-state index contributed by atoms with van der Waals surface area (Å²) in [6, 6.07) is 3.66. The van der Waals surface area contributed by atoms with Crippen molar-refractivity contribution >= 4 is 28.9 Å². The first-order valence-corrected chi connectivity index (χ1v) is 6.35. The van der Waals surface area contributed by atoms with Gasteiger partial charge in [0.2, 0.25) is 0 Å². The van der Waals surface area contributed by atoms with Crippen molar-refractivity contribution in [3.8, 4) is 0 Å². The molecule has 0 unspecified atom stereocenters. The average molecular weight is 267 g/mol. The van der Waals surface area contributed by atoms with E-state index in [1.54, 1.807) is 13.3 Å². The first-order valence-electron chi connectivity index (χ1n) is 5.37. The smallest absolute Gasteiger partial charge is 0.313 e. The van der Waals surface area contributed by atoms with Crippen LogP contribution in [0.3, 0.4) is 0 Å². The van der Waals surface area contributed by atoms with Crippen LogP contribution < -0.4 is 0 Å². The monoisotopic (exact) mass is 267 g/mol. The van der Waals surface area contributed by atoms with Crippen molar-refractivity contribution in [2.24, 2.45) is 0 Å². The zero-order chi connectivity index (χ0) is 13.0. The van der Waals surface area contributed by atoms with Crippen LogP contribution in [-0.4, -0.2) is 45.1 Å². The van der Waals surface area contributed by atoms with E-state index in [2.05, 4.69) is 9.97 Å². The van der Waals surface area contributed by atoms with E-state index in [-0.39, 0.29) is 5.75 Å². The van der Waals surface area contributed by atoms with E-state index in [0.29, 0.717) is 18.3 Å². The zero-order valence-electron chi connectivity index (χ0n) is 9.87. The van der Waals surface area contributed by atoms with E-state index >= 15 is 0 Å². The maximum Gasteiger partial charge on any atom is 0.313 e. The second-order valence-corrected chi connectivity index (χ2v) is 4.51. The topological polar surface area (TPSA) is 77.2 Å². The third kappa shape index (κ3) is 2.80. The van der Waals surface area contributed by atoms with Crippen LogP contribution in [0.5, 0.6) is 0 Å². The number of imidazole rings is 1. The molecule has 2 aromatic heterocycles. The Morgan fingerprint density at radius 1 is 1.61 bits per heavy atom. The minimum absolute atomic E-state index is 0.0176. The van der Waals surface area contributed by atoms with E-state index in [1.807, 2.05) is 16.7 Å². The van der Waals surface area contributed by atoms with Gasteiger partial charge in [0.1, 0.15) is 5.52 Å². The number of thioether (sulfide) groups is 1. The molecule has 0 fully saturated rings. The minimum Gasteiger partial charge on any atom is -0.481 e.